The summed E-state index contributed by atoms with van der Waals surface area (Å²) in [5.74, 6) is -1.49. The van der Waals surface area contributed by atoms with Crippen molar-refractivity contribution in [3.63, 3.8) is 0 Å². The number of nitrogens with zero attached hydrogens (tertiary/aromatic N) is 1. The number of sulfonamides is 1. The SMILES string of the molecule is CCCC(c1cccc(NS(=O)(=O)C2(F)CNC=N2)c1)C1C(=O)OC2=CC=CCCCC2C1O. The molecule has 2 heterocycles. The number of benzene rings is 1. The second-order valence-corrected chi connectivity index (χ2v) is 10.8. The maximum absolute atomic E-state index is 14.8. The first-order valence-corrected chi connectivity index (χ1v) is 13.1. The van der Waals surface area contributed by atoms with E-state index in [1.54, 1.807) is 24.3 Å². The minimum atomic E-state index is -4.47. The lowest BCUT2D eigenvalue weighted by Crippen LogP contribution is -2.45. The fourth-order valence-corrected chi connectivity index (χ4v) is 5.92. The van der Waals surface area contributed by atoms with Crippen LogP contribution in [0.3, 0.4) is 0 Å². The van der Waals surface area contributed by atoms with Gasteiger partial charge < -0.3 is 15.2 Å². The van der Waals surface area contributed by atoms with Crippen LogP contribution in [-0.2, 0) is 19.6 Å². The van der Waals surface area contributed by atoms with Crippen molar-refractivity contribution in [2.45, 2.75) is 56.2 Å². The Labute approximate surface area is 199 Å². The van der Waals surface area contributed by atoms with E-state index in [2.05, 4.69) is 15.0 Å². The van der Waals surface area contributed by atoms with Gasteiger partial charge in [0.2, 0.25) is 0 Å². The van der Waals surface area contributed by atoms with Crippen LogP contribution in [0.25, 0.3) is 0 Å². The summed E-state index contributed by atoms with van der Waals surface area (Å²) in [4.78, 5) is 16.5. The number of halogens is 1. The van der Waals surface area contributed by atoms with Gasteiger partial charge >= 0.3 is 11.1 Å². The van der Waals surface area contributed by atoms with E-state index in [4.69, 9.17) is 4.74 Å². The Morgan fingerprint density at radius 2 is 2.24 bits per heavy atom. The summed E-state index contributed by atoms with van der Waals surface area (Å²) in [7, 11) is -4.47. The Hall–Kier alpha value is -2.72. The van der Waals surface area contributed by atoms with Crippen LogP contribution < -0.4 is 10.0 Å². The van der Waals surface area contributed by atoms with Gasteiger partial charge in [0.1, 0.15) is 5.76 Å². The van der Waals surface area contributed by atoms with E-state index in [1.165, 1.54) is 6.07 Å². The number of ether oxygens (including phenoxy) is 1. The third kappa shape index (κ3) is 4.74. The Morgan fingerprint density at radius 1 is 1.41 bits per heavy atom. The quantitative estimate of drug-likeness (QED) is 0.398. The number of aliphatic hydroxyl groups is 1. The Bertz CT molecular complexity index is 1120. The van der Waals surface area contributed by atoms with E-state index in [0.717, 1.165) is 25.6 Å². The smallest absolute Gasteiger partial charge is 0.337 e. The Balaban J connectivity index is 1.62. The molecule has 184 valence electrons. The van der Waals surface area contributed by atoms with Crippen molar-refractivity contribution in [1.29, 1.82) is 0 Å². The number of hydrogen-bond donors (Lipinski definition) is 3. The van der Waals surface area contributed by atoms with Crippen LogP contribution in [0.1, 0.15) is 50.5 Å². The summed E-state index contributed by atoms with van der Waals surface area (Å²) in [5.41, 5.74) is 0.829. The number of rotatable bonds is 7. The lowest BCUT2D eigenvalue weighted by Gasteiger charge is -2.39. The first kappa shape index (κ1) is 24.4. The van der Waals surface area contributed by atoms with Crippen molar-refractivity contribution in [1.82, 2.24) is 5.32 Å². The van der Waals surface area contributed by atoms with Crippen LogP contribution in [0.5, 0.6) is 0 Å². The largest absolute Gasteiger partial charge is 0.430 e. The van der Waals surface area contributed by atoms with Crippen LogP contribution in [0, 0.1) is 11.8 Å². The lowest BCUT2D eigenvalue weighted by molar-refractivity contribution is -0.160. The second-order valence-electron chi connectivity index (χ2n) is 8.93. The van der Waals surface area contributed by atoms with E-state index in [-0.39, 0.29) is 11.6 Å². The van der Waals surface area contributed by atoms with Crippen LogP contribution >= 0.6 is 0 Å². The molecule has 1 aromatic carbocycles. The van der Waals surface area contributed by atoms with E-state index in [0.29, 0.717) is 24.2 Å². The molecule has 0 aromatic heterocycles. The highest BCUT2D eigenvalue weighted by molar-refractivity contribution is 7.93. The fourth-order valence-electron chi connectivity index (χ4n) is 4.86. The number of aliphatic hydroxyl groups excluding tert-OH is 1. The molecular weight excluding hydrogens is 461 g/mol. The molecular formula is C24H30FN3O5S. The van der Waals surface area contributed by atoms with Crippen molar-refractivity contribution in [2.75, 3.05) is 11.3 Å². The molecule has 0 amide bonds. The monoisotopic (exact) mass is 491 g/mol. The molecule has 3 N–H and O–H groups in total. The van der Waals surface area contributed by atoms with Gasteiger partial charge in [-0.05, 0) is 55.4 Å². The molecule has 1 aliphatic carbocycles. The van der Waals surface area contributed by atoms with Gasteiger partial charge in [0.05, 0.1) is 24.9 Å². The van der Waals surface area contributed by atoms with Gasteiger partial charge in [-0.15, -0.1) is 0 Å². The molecule has 3 aliphatic rings. The number of hydrogen-bond acceptors (Lipinski definition) is 7. The third-order valence-electron chi connectivity index (χ3n) is 6.60. The topological polar surface area (TPSA) is 117 Å². The first-order chi connectivity index (χ1) is 16.3. The number of carbonyl (C=O) groups excluding carboxylic acids is 1. The molecule has 34 heavy (non-hydrogen) atoms. The minimum absolute atomic E-state index is 0.160. The van der Waals surface area contributed by atoms with Crippen LogP contribution in [0.15, 0.2) is 53.2 Å². The zero-order chi connectivity index (χ0) is 24.3. The maximum atomic E-state index is 14.8. The highest BCUT2D eigenvalue weighted by Crippen LogP contribution is 2.43. The van der Waals surface area contributed by atoms with Crippen molar-refractivity contribution >= 4 is 28.0 Å². The highest BCUT2D eigenvalue weighted by atomic mass is 32.2. The van der Waals surface area contributed by atoms with Gasteiger partial charge in [-0.3, -0.25) is 9.52 Å². The average Bonchev–Trinajstić information content (AvgIpc) is 3.23. The normalized spacial score (nSPS) is 29.8. The third-order valence-corrected chi connectivity index (χ3v) is 8.18. The summed E-state index contributed by atoms with van der Waals surface area (Å²) in [5, 5.41) is 11.0. The van der Waals surface area contributed by atoms with E-state index in [1.807, 2.05) is 19.1 Å². The molecule has 8 nitrogen and oxygen atoms in total. The second kappa shape index (κ2) is 9.87. The first-order valence-electron chi connectivity index (χ1n) is 11.6. The number of aliphatic imine (C=N–C) groups is 1. The number of anilines is 1. The number of fused-ring (bicyclic) bond motifs is 1. The molecule has 1 saturated heterocycles. The molecule has 0 bridgehead atoms. The van der Waals surface area contributed by atoms with Gasteiger partial charge in [-0.25, -0.2) is 13.4 Å². The average molecular weight is 492 g/mol. The van der Waals surface area contributed by atoms with Crippen molar-refractivity contribution in [3.05, 3.63) is 53.8 Å². The number of allylic oxidation sites excluding steroid dienone is 3. The summed E-state index contributed by atoms with van der Waals surface area (Å²) in [6, 6.07) is 6.52. The number of nitrogens with one attached hydrogen (secondary N) is 2. The minimum Gasteiger partial charge on any atom is -0.430 e. The maximum Gasteiger partial charge on any atom is 0.337 e. The standard InChI is InChI=1S/C24H30FN3O5S/c1-2-8-18(21-22(29)19-11-5-3-4-6-12-20(19)33-23(21)30)16-9-7-10-17(13-16)28-34(31,32)24(25)14-26-15-27-24/h4,6-7,9-10,12-13,15,18-19,21-22,28-29H,2-3,5,8,11,14H2,1H3,(H,26,27). The van der Waals surface area contributed by atoms with Gasteiger partial charge in [-0.2, -0.15) is 4.39 Å². The van der Waals surface area contributed by atoms with E-state index in [9.17, 15) is 22.7 Å². The Morgan fingerprint density at radius 3 is 2.97 bits per heavy atom. The predicted octanol–water partition coefficient (Wildman–Crippen LogP) is 3.34. The van der Waals surface area contributed by atoms with Crippen LogP contribution in [0.4, 0.5) is 10.1 Å². The van der Waals surface area contributed by atoms with Gasteiger partial charge in [0.15, 0.2) is 0 Å². The summed E-state index contributed by atoms with van der Waals surface area (Å²) >= 11 is 0. The summed E-state index contributed by atoms with van der Waals surface area (Å²) in [6.45, 7) is 1.50. The van der Waals surface area contributed by atoms with Crippen LogP contribution in [-0.4, -0.2) is 43.6 Å². The van der Waals surface area contributed by atoms with Crippen molar-refractivity contribution in [3.8, 4) is 0 Å². The van der Waals surface area contributed by atoms with Gasteiger partial charge in [-0.1, -0.05) is 37.6 Å². The molecule has 0 spiro atoms. The van der Waals surface area contributed by atoms with Crippen LogP contribution in [0.2, 0.25) is 0 Å². The number of esters is 1. The predicted molar refractivity (Wildman–Crippen MR) is 127 cm³/mol. The molecule has 1 aromatic rings. The van der Waals surface area contributed by atoms with E-state index < -0.39 is 45.6 Å². The zero-order valence-electron chi connectivity index (χ0n) is 19.0. The lowest BCUT2D eigenvalue weighted by atomic mass is 9.73. The van der Waals surface area contributed by atoms with E-state index >= 15 is 0 Å². The molecule has 2 aliphatic heterocycles. The van der Waals surface area contributed by atoms with Crippen molar-refractivity contribution in [2.24, 2.45) is 16.8 Å². The molecule has 4 rings (SSSR count). The van der Waals surface area contributed by atoms with Gasteiger partial charge in [0.25, 0.3) is 10.0 Å². The fraction of sp³-hybridized carbons (Fsp3) is 0.500. The van der Waals surface area contributed by atoms with Crippen molar-refractivity contribution < 1.29 is 27.4 Å². The summed E-state index contributed by atoms with van der Waals surface area (Å²) < 4.78 is 47.9. The molecule has 10 heteroatoms. The number of carbonyl (C=O) groups is 1. The highest BCUT2D eigenvalue weighted by Gasteiger charge is 2.47. The molecule has 5 atom stereocenters. The Kier molecular flexibility index (Phi) is 7.09. The summed E-state index contributed by atoms with van der Waals surface area (Å²) in [6.07, 6.45) is 9.49. The zero-order valence-corrected chi connectivity index (χ0v) is 19.8. The molecule has 1 fully saturated rings. The number of alkyl halides is 1. The molecule has 5 unspecified atom stereocenters. The molecule has 0 saturated carbocycles. The molecule has 0 radical (unpaired) electrons. The van der Waals surface area contributed by atoms with Gasteiger partial charge in [0, 0.05) is 11.6 Å².